The molecule has 1 saturated heterocycles. The van der Waals surface area contributed by atoms with Gasteiger partial charge >= 0.3 is 24.3 Å². The Morgan fingerprint density at radius 1 is 0.970 bits per heavy atom. The van der Waals surface area contributed by atoms with E-state index in [4.69, 9.17) is 11.6 Å². The van der Waals surface area contributed by atoms with Crippen LogP contribution in [0.4, 0.5) is 26.3 Å². The van der Waals surface area contributed by atoms with Crippen LogP contribution in [0.3, 0.4) is 0 Å². The van der Waals surface area contributed by atoms with Crippen molar-refractivity contribution in [1.29, 1.82) is 0 Å². The highest BCUT2D eigenvalue weighted by atomic mass is 35.5. The molecule has 1 aromatic carbocycles. The van der Waals surface area contributed by atoms with Crippen molar-refractivity contribution in [2.45, 2.75) is 43.6 Å². The fourth-order valence-electron chi connectivity index (χ4n) is 3.85. The number of esters is 2. The summed E-state index contributed by atoms with van der Waals surface area (Å²) in [6.45, 7) is 1.42. The Balaban J connectivity index is 2.97. The Bertz CT molecular complexity index is 848. The molecule has 2 rings (SSSR count). The number of piperidine rings is 1. The standard InChI is InChI=1S/C19H20ClF6NO6/c1-3-32-14(28)12-11(9-6-5-7-10(20)8-9)13(15(29)33-4-2)17(31,19(24,25)26)27-16(12,30)18(21,22)23/h5-8,11-13,27,30-31H,3-4H2,1-2H3/t11?,12-,13+,16-,17-/m0/s1. The first kappa shape index (κ1) is 27.2. The van der Waals surface area contributed by atoms with Crippen LogP contribution in [0.2, 0.25) is 5.02 Å². The number of carbonyl (C=O) groups excluding carboxylic acids is 2. The maximum atomic E-state index is 14.0. The number of aliphatic hydroxyl groups is 2. The van der Waals surface area contributed by atoms with Crippen LogP contribution in [-0.2, 0) is 19.1 Å². The summed E-state index contributed by atoms with van der Waals surface area (Å²) >= 11 is 5.85. The molecule has 0 spiro atoms. The molecule has 14 heteroatoms. The lowest BCUT2D eigenvalue weighted by Crippen LogP contribution is -2.81. The van der Waals surface area contributed by atoms with Crippen molar-refractivity contribution in [1.82, 2.24) is 5.32 Å². The molecule has 3 N–H and O–H groups in total. The minimum atomic E-state index is -5.94. The molecule has 186 valence electrons. The monoisotopic (exact) mass is 507 g/mol. The van der Waals surface area contributed by atoms with Gasteiger partial charge in [-0.1, -0.05) is 23.7 Å². The zero-order valence-corrected chi connectivity index (χ0v) is 17.9. The number of hydrogen-bond donors (Lipinski definition) is 3. The smallest absolute Gasteiger partial charge is 0.432 e. The second-order valence-electron chi connectivity index (χ2n) is 7.19. The van der Waals surface area contributed by atoms with Gasteiger partial charge in [0.15, 0.2) is 0 Å². The summed E-state index contributed by atoms with van der Waals surface area (Å²) in [5, 5.41) is 21.6. The number of alkyl halides is 6. The molecular weight excluding hydrogens is 488 g/mol. The van der Waals surface area contributed by atoms with Crippen LogP contribution >= 0.6 is 11.6 Å². The number of carbonyl (C=O) groups is 2. The van der Waals surface area contributed by atoms with E-state index < -0.39 is 72.3 Å². The molecule has 7 nitrogen and oxygen atoms in total. The van der Waals surface area contributed by atoms with E-state index in [9.17, 15) is 46.1 Å². The lowest BCUT2D eigenvalue weighted by Gasteiger charge is -2.54. The molecule has 1 fully saturated rings. The van der Waals surface area contributed by atoms with Crippen LogP contribution in [-0.4, -0.2) is 59.2 Å². The SMILES string of the molecule is CCOC(=O)[C@@H]1C(c2cccc(Cl)c2)[C@H](C(=O)OCC)[C@](O)(C(F)(F)F)N[C@@]1(O)C(F)(F)F. The zero-order chi connectivity index (χ0) is 25.4. The minimum absolute atomic E-state index is 0.164. The average molecular weight is 508 g/mol. The van der Waals surface area contributed by atoms with Crippen molar-refractivity contribution in [2.24, 2.45) is 11.8 Å². The maximum absolute atomic E-state index is 14.0. The van der Waals surface area contributed by atoms with Gasteiger partial charge in [-0.15, -0.1) is 0 Å². The lowest BCUT2D eigenvalue weighted by atomic mass is 9.64. The first-order chi connectivity index (χ1) is 15.0. The van der Waals surface area contributed by atoms with E-state index in [0.717, 1.165) is 18.2 Å². The number of nitrogens with one attached hydrogen (secondary N) is 1. The van der Waals surface area contributed by atoms with Crippen molar-refractivity contribution < 1.29 is 55.6 Å². The Morgan fingerprint density at radius 3 is 1.73 bits per heavy atom. The van der Waals surface area contributed by atoms with Gasteiger partial charge in [0.05, 0.1) is 13.2 Å². The average Bonchev–Trinajstić information content (AvgIpc) is 2.65. The summed E-state index contributed by atoms with van der Waals surface area (Å²) in [6.07, 6.45) is -11.9. The molecule has 0 saturated carbocycles. The van der Waals surface area contributed by atoms with E-state index >= 15 is 0 Å². The molecule has 33 heavy (non-hydrogen) atoms. The highest BCUT2D eigenvalue weighted by molar-refractivity contribution is 6.30. The molecule has 0 radical (unpaired) electrons. The predicted octanol–water partition coefficient (Wildman–Crippen LogP) is 2.89. The molecule has 0 aliphatic carbocycles. The third kappa shape index (κ3) is 4.77. The number of halogens is 7. The van der Waals surface area contributed by atoms with Gasteiger partial charge in [-0.25, -0.2) is 5.32 Å². The number of hydrogen-bond acceptors (Lipinski definition) is 7. The molecule has 1 heterocycles. The van der Waals surface area contributed by atoms with E-state index in [2.05, 4.69) is 9.47 Å². The molecule has 1 aliphatic heterocycles. The van der Waals surface area contributed by atoms with Gasteiger partial charge in [-0.05, 0) is 31.5 Å². The molecule has 1 aromatic rings. The molecule has 1 aliphatic rings. The topological polar surface area (TPSA) is 105 Å². The van der Waals surface area contributed by atoms with Gasteiger partial charge in [-0.2, -0.15) is 26.3 Å². The van der Waals surface area contributed by atoms with Gasteiger partial charge < -0.3 is 19.7 Å². The van der Waals surface area contributed by atoms with Crippen LogP contribution in [0.25, 0.3) is 0 Å². The lowest BCUT2D eigenvalue weighted by molar-refractivity contribution is -0.376. The Morgan fingerprint density at radius 2 is 1.39 bits per heavy atom. The maximum Gasteiger partial charge on any atom is 0.432 e. The van der Waals surface area contributed by atoms with Crippen LogP contribution in [0.15, 0.2) is 24.3 Å². The van der Waals surface area contributed by atoms with E-state index in [-0.39, 0.29) is 5.02 Å². The first-order valence-electron chi connectivity index (χ1n) is 9.51. The largest absolute Gasteiger partial charge is 0.466 e. The summed E-state index contributed by atoms with van der Waals surface area (Å²) < 4.78 is 93.3. The first-order valence-corrected chi connectivity index (χ1v) is 9.89. The van der Waals surface area contributed by atoms with E-state index in [1.165, 1.54) is 19.9 Å². The van der Waals surface area contributed by atoms with Gasteiger partial charge in [0.25, 0.3) is 0 Å². The third-order valence-electron chi connectivity index (χ3n) is 5.18. The van der Waals surface area contributed by atoms with E-state index in [0.29, 0.717) is 5.32 Å². The van der Waals surface area contributed by atoms with Crippen LogP contribution in [0.5, 0.6) is 0 Å². The van der Waals surface area contributed by atoms with Crippen molar-refractivity contribution in [3.63, 3.8) is 0 Å². The highest BCUT2D eigenvalue weighted by Gasteiger charge is 2.78. The number of rotatable bonds is 5. The number of ether oxygens (including phenoxy) is 2. The molecule has 0 aromatic heterocycles. The normalized spacial score (nSPS) is 30.6. The van der Waals surface area contributed by atoms with Crippen molar-refractivity contribution in [2.75, 3.05) is 13.2 Å². The van der Waals surface area contributed by atoms with E-state index in [1.54, 1.807) is 0 Å². The van der Waals surface area contributed by atoms with Gasteiger partial charge in [0, 0.05) is 10.9 Å². The quantitative estimate of drug-likeness (QED) is 0.416. The Hall–Kier alpha value is -2.09. The van der Waals surface area contributed by atoms with Crippen molar-refractivity contribution in [3.05, 3.63) is 34.9 Å². The zero-order valence-electron chi connectivity index (χ0n) is 17.1. The fraction of sp³-hybridized carbons (Fsp3) is 0.579. The second-order valence-corrected chi connectivity index (χ2v) is 7.63. The molecular formula is C19H20ClF6NO6. The van der Waals surface area contributed by atoms with Crippen molar-refractivity contribution in [3.8, 4) is 0 Å². The predicted molar refractivity (Wildman–Crippen MR) is 99.6 cm³/mol. The van der Waals surface area contributed by atoms with E-state index in [1.807, 2.05) is 0 Å². The Labute approximate surface area is 188 Å². The minimum Gasteiger partial charge on any atom is -0.466 e. The van der Waals surface area contributed by atoms with Gasteiger partial charge in [0.1, 0.15) is 11.8 Å². The summed E-state index contributed by atoms with van der Waals surface area (Å²) in [6, 6.07) is 4.28. The van der Waals surface area contributed by atoms with Crippen LogP contribution < -0.4 is 5.32 Å². The molecule has 0 bridgehead atoms. The summed E-state index contributed by atoms with van der Waals surface area (Å²) in [5.41, 5.74) is -9.82. The fourth-order valence-corrected chi connectivity index (χ4v) is 4.05. The van der Waals surface area contributed by atoms with Gasteiger partial charge in [0.2, 0.25) is 11.4 Å². The second kappa shape index (κ2) is 9.28. The molecule has 5 atom stereocenters. The van der Waals surface area contributed by atoms with Crippen LogP contribution in [0, 0.1) is 11.8 Å². The van der Waals surface area contributed by atoms with Crippen molar-refractivity contribution >= 4 is 23.5 Å². The van der Waals surface area contributed by atoms with Crippen LogP contribution in [0.1, 0.15) is 25.3 Å². The summed E-state index contributed by atoms with van der Waals surface area (Å²) in [7, 11) is 0. The molecule has 0 amide bonds. The number of benzene rings is 1. The van der Waals surface area contributed by atoms with Gasteiger partial charge in [-0.3, -0.25) is 9.59 Å². The summed E-state index contributed by atoms with van der Waals surface area (Å²) in [5.74, 6) is -11.7. The Kier molecular flexibility index (Phi) is 7.63. The summed E-state index contributed by atoms with van der Waals surface area (Å²) in [4.78, 5) is 25.3. The highest BCUT2D eigenvalue weighted by Crippen LogP contribution is 2.55. The molecule has 1 unspecified atom stereocenters. The third-order valence-corrected chi connectivity index (χ3v) is 5.41.